The molecule has 1 aromatic carbocycles. The first-order chi connectivity index (χ1) is 12.1. The lowest BCUT2D eigenvalue weighted by atomic mass is 10.2. The zero-order chi connectivity index (χ0) is 17.4. The van der Waals surface area contributed by atoms with E-state index in [4.69, 9.17) is 16.0 Å². The fourth-order valence-corrected chi connectivity index (χ4v) is 3.24. The van der Waals surface area contributed by atoms with Crippen molar-refractivity contribution in [2.24, 2.45) is 0 Å². The van der Waals surface area contributed by atoms with Gasteiger partial charge in [0.2, 0.25) is 0 Å². The van der Waals surface area contributed by atoms with Crippen LogP contribution in [0.1, 0.15) is 17.0 Å². The van der Waals surface area contributed by atoms with E-state index in [0.29, 0.717) is 35.9 Å². The molecule has 1 aliphatic heterocycles. The van der Waals surface area contributed by atoms with Gasteiger partial charge >= 0.3 is 0 Å². The molecule has 0 spiro atoms. The fraction of sp³-hybridized carbons (Fsp3) is 0.222. The Bertz CT molecular complexity index is 943. The Labute approximate surface area is 148 Å². The van der Waals surface area contributed by atoms with Crippen LogP contribution < -0.4 is 10.2 Å². The van der Waals surface area contributed by atoms with Crippen LogP contribution in [0.2, 0.25) is 5.02 Å². The first-order valence-electron chi connectivity index (χ1n) is 7.95. The highest BCUT2D eigenvalue weighted by atomic mass is 35.5. The molecule has 4 rings (SSSR count). The molecule has 0 aliphatic carbocycles. The maximum absolute atomic E-state index is 13.8. The van der Waals surface area contributed by atoms with Crippen LogP contribution in [-0.4, -0.2) is 30.0 Å². The Morgan fingerprint density at radius 3 is 3.08 bits per heavy atom. The SMILES string of the molecule is O=C(NC1CCN(c2ncccc2F)C1)c1cc2cc(Cl)ccc2o1. The predicted octanol–water partition coefficient (Wildman–Crippen LogP) is 3.63. The van der Waals surface area contributed by atoms with Crippen LogP contribution in [0.3, 0.4) is 0 Å². The summed E-state index contributed by atoms with van der Waals surface area (Å²) >= 11 is 5.95. The van der Waals surface area contributed by atoms with Gasteiger partial charge in [0, 0.05) is 35.7 Å². The number of pyridine rings is 1. The molecule has 7 heteroatoms. The average Bonchev–Trinajstić information content (AvgIpc) is 3.21. The highest BCUT2D eigenvalue weighted by Crippen LogP contribution is 2.24. The summed E-state index contributed by atoms with van der Waals surface area (Å²) in [5, 5.41) is 4.30. The molecular formula is C18H15ClFN3O2. The number of hydrogen-bond donors (Lipinski definition) is 1. The second-order valence-corrected chi connectivity index (χ2v) is 6.44. The summed E-state index contributed by atoms with van der Waals surface area (Å²) in [7, 11) is 0. The minimum Gasteiger partial charge on any atom is -0.451 e. The van der Waals surface area contributed by atoms with Crippen LogP contribution in [0, 0.1) is 5.82 Å². The van der Waals surface area contributed by atoms with Crippen molar-refractivity contribution in [2.45, 2.75) is 12.5 Å². The maximum atomic E-state index is 13.8. The molecule has 1 aliphatic rings. The normalized spacial score (nSPS) is 17.2. The molecule has 0 radical (unpaired) electrons. The molecule has 1 unspecified atom stereocenters. The third kappa shape index (κ3) is 3.17. The molecule has 3 heterocycles. The molecule has 2 aromatic heterocycles. The first-order valence-corrected chi connectivity index (χ1v) is 8.33. The summed E-state index contributed by atoms with van der Waals surface area (Å²) in [5.41, 5.74) is 0.609. The van der Waals surface area contributed by atoms with Gasteiger partial charge in [-0.3, -0.25) is 4.79 Å². The van der Waals surface area contributed by atoms with Gasteiger partial charge in [-0.2, -0.15) is 0 Å². The van der Waals surface area contributed by atoms with Crippen molar-refractivity contribution in [3.63, 3.8) is 0 Å². The minimum absolute atomic E-state index is 0.0919. The quantitative estimate of drug-likeness (QED) is 0.775. The van der Waals surface area contributed by atoms with Crippen molar-refractivity contribution in [1.29, 1.82) is 0 Å². The van der Waals surface area contributed by atoms with E-state index < -0.39 is 0 Å². The maximum Gasteiger partial charge on any atom is 0.287 e. The summed E-state index contributed by atoms with van der Waals surface area (Å²) < 4.78 is 19.4. The summed E-state index contributed by atoms with van der Waals surface area (Å²) in [6.45, 7) is 1.14. The number of benzene rings is 1. The third-order valence-electron chi connectivity index (χ3n) is 4.26. The van der Waals surface area contributed by atoms with Crippen molar-refractivity contribution in [3.8, 4) is 0 Å². The summed E-state index contributed by atoms with van der Waals surface area (Å²) in [5.74, 6) is -0.0957. The number of fused-ring (bicyclic) bond motifs is 1. The smallest absolute Gasteiger partial charge is 0.287 e. The number of anilines is 1. The van der Waals surface area contributed by atoms with Gasteiger partial charge in [-0.15, -0.1) is 0 Å². The van der Waals surface area contributed by atoms with Gasteiger partial charge in [0.25, 0.3) is 5.91 Å². The second kappa shape index (κ2) is 6.37. The number of nitrogens with zero attached hydrogens (tertiary/aromatic N) is 2. The van der Waals surface area contributed by atoms with Gasteiger partial charge in [-0.05, 0) is 42.8 Å². The molecule has 1 N–H and O–H groups in total. The van der Waals surface area contributed by atoms with Crippen LogP contribution >= 0.6 is 11.6 Å². The number of halogens is 2. The number of rotatable bonds is 3. The number of carbonyl (C=O) groups excluding carboxylic acids is 1. The average molecular weight is 360 g/mol. The highest BCUT2D eigenvalue weighted by Gasteiger charge is 2.27. The van der Waals surface area contributed by atoms with E-state index in [1.807, 2.05) is 4.90 Å². The number of amides is 1. The van der Waals surface area contributed by atoms with Crippen LogP contribution in [0.15, 0.2) is 47.0 Å². The lowest BCUT2D eigenvalue weighted by Crippen LogP contribution is -2.37. The van der Waals surface area contributed by atoms with E-state index in [1.54, 1.807) is 36.5 Å². The van der Waals surface area contributed by atoms with Gasteiger partial charge in [0.05, 0.1) is 0 Å². The number of aromatic nitrogens is 1. The summed E-state index contributed by atoms with van der Waals surface area (Å²) in [6.07, 6.45) is 2.28. The Morgan fingerprint density at radius 2 is 2.24 bits per heavy atom. The Hall–Kier alpha value is -2.60. The van der Waals surface area contributed by atoms with Crippen LogP contribution in [0.4, 0.5) is 10.2 Å². The molecule has 1 amide bonds. The summed E-state index contributed by atoms with van der Waals surface area (Å²) in [6, 6.07) is 9.71. The Morgan fingerprint density at radius 1 is 1.36 bits per heavy atom. The van der Waals surface area contributed by atoms with E-state index in [-0.39, 0.29) is 23.5 Å². The predicted molar refractivity (Wildman–Crippen MR) is 93.5 cm³/mol. The van der Waals surface area contributed by atoms with Crippen molar-refractivity contribution >= 4 is 34.3 Å². The standard InChI is InChI=1S/C18H15ClFN3O2/c19-12-3-4-15-11(8-12)9-16(25-15)18(24)22-13-5-7-23(10-13)17-14(20)2-1-6-21-17/h1-4,6,8-9,13H,5,7,10H2,(H,22,24). The minimum atomic E-state index is -0.358. The molecule has 5 nitrogen and oxygen atoms in total. The summed E-state index contributed by atoms with van der Waals surface area (Å²) in [4.78, 5) is 18.3. The molecule has 128 valence electrons. The Kier molecular flexibility index (Phi) is 4.05. The van der Waals surface area contributed by atoms with E-state index in [9.17, 15) is 9.18 Å². The molecule has 1 fully saturated rings. The lowest BCUT2D eigenvalue weighted by Gasteiger charge is -2.18. The molecule has 0 saturated carbocycles. The molecule has 1 atom stereocenters. The van der Waals surface area contributed by atoms with E-state index >= 15 is 0 Å². The zero-order valence-corrected chi connectivity index (χ0v) is 14.0. The van der Waals surface area contributed by atoms with Gasteiger partial charge in [-0.1, -0.05) is 11.6 Å². The number of furan rings is 1. The van der Waals surface area contributed by atoms with Crippen molar-refractivity contribution in [3.05, 3.63) is 59.2 Å². The monoisotopic (exact) mass is 359 g/mol. The number of hydrogen-bond acceptors (Lipinski definition) is 4. The fourth-order valence-electron chi connectivity index (χ4n) is 3.06. The van der Waals surface area contributed by atoms with E-state index in [0.717, 1.165) is 5.39 Å². The van der Waals surface area contributed by atoms with Gasteiger partial charge in [0.1, 0.15) is 5.58 Å². The third-order valence-corrected chi connectivity index (χ3v) is 4.50. The van der Waals surface area contributed by atoms with Crippen molar-refractivity contribution < 1.29 is 13.6 Å². The highest BCUT2D eigenvalue weighted by molar-refractivity contribution is 6.31. The molecule has 1 saturated heterocycles. The Balaban J connectivity index is 1.45. The van der Waals surface area contributed by atoms with Gasteiger partial charge < -0.3 is 14.6 Å². The lowest BCUT2D eigenvalue weighted by molar-refractivity contribution is 0.0914. The first kappa shape index (κ1) is 15.9. The molecule has 0 bridgehead atoms. The van der Waals surface area contributed by atoms with Crippen molar-refractivity contribution in [1.82, 2.24) is 10.3 Å². The molecule has 25 heavy (non-hydrogen) atoms. The number of nitrogens with one attached hydrogen (secondary N) is 1. The second-order valence-electron chi connectivity index (χ2n) is 6.01. The van der Waals surface area contributed by atoms with Crippen LogP contribution in [0.5, 0.6) is 0 Å². The van der Waals surface area contributed by atoms with Crippen LogP contribution in [-0.2, 0) is 0 Å². The topological polar surface area (TPSA) is 58.4 Å². The molecular weight excluding hydrogens is 345 g/mol. The van der Waals surface area contributed by atoms with Gasteiger partial charge in [-0.25, -0.2) is 9.37 Å². The molecule has 3 aromatic rings. The van der Waals surface area contributed by atoms with Gasteiger partial charge in [0.15, 0.2) is 17.4 Å². The zero-order valence-electron chi connectivity index (χ0n) is 13.2. The van der Waals surface area contributed by atoms with Crippen LogP contribution in [0.25, 0.3) is 11.0 Å². The van der Waals surface area contributed by atoms with Crippen molar-refractivity contribution in [2.75, 3.05) is 18.0 Å². The largest absolute Gasteiger partial charge is 0.451 e. The number of carbonyl (C=O) groups is 1. The van der Waals surface area contributed by atoms with E-state index in [2.05, 4.69) is 10.3 Å². The van der Waals surface area contributed by atoms with E-state index in [1.165, 1.54) is 6.07 Å².